The lowest BCUT2D eigenvalue weighted by Crippen LogP contribution is -2.46. The molecule has 3 rings (SSSR count). The van der Waals surface area contributed by atoms with Crippen molar-refractivity contribution in [3.8, 4) is 5.75 Å². The van der Waals surface area contributed by atoms with Crippen LogP contribution in [0.3, 0.4) is 0 Å². The molecule has 0 saturated carbocycles. The van der Waals surface area contributed by atoms with Crippen LogP contribution in [0.5, 0.6) is 5.75 Å². The Morgan fingerprint density at radius 3 is 2.89 bits per heavy atom. The second-order valence-corrected chi connectivity index (χ2v) is 7.40. The molecule has 0 radical (unpaired) electrons. The fourth-order valence-corrected chi connectivity index (χ4v) is 4.02. The van der Waals surface area contributed by atoms with E-state index in [2.05, 4.69) is 6.58 Å². The zero-order chi connectivity index (χ0) is 19.8. The van der Waals surface area contributed by atoms with Gasteiger partial charge in [0.25, 0.3) is 0 Å². The normalized spacial score (nSPS) is 26.6. The van der Waals surface area contributed by atoms with Crippen LogP contribution in [-0.2, 0) is 20.7 Å². The Bertz CT molecular complexity index is 791. The van der Waals surface area contributed by atoms with E-state index in [1.165, 1.54) is 19.3 Å². The minimum Gasteiger partial charge on any atom is -0.494 e. The third-order valence-corrected chi connectivity index (χ3v) is 5.84. The molecule has 2 unspecified atom stereocenters. The summed E-state index contributed by atoms with van der Waals surface area (Å²) in [6, 6.07) is 2.89. The first kappa shape index (κ1) is 19.4. The number of fused-ring (bicyclic) bond motifs is 1. The summed E-state index contributed by atoms with van der Waals surface area (Å²) in [5, 5.41) is 0. The van der Waals surface area contributed by atoms with E-state index < -0.39 is 5.60 Å². The first-order chi connectivity index (χ1) is 12.8. The predicted molar refractivity (Wildman–Crippen MR) is 101 cm³/mol. The maximum atomic E-state index is 14.5. The van der Waals surface area contributed by atoms with E-state index in [0.717, 1.165) is 0 Å². The quantitative estimate of drug-likeness (QED) is 0.607. The lowest BCUT2D eigenvalue weighted by Gasteiger charge is -2.39. The van der Waals surface area contributed by atoms with Crippen LogP contribution in [-0.4, -0.2) is 25.3 Å². The standard InChI is InChI=1S/C21H26FNO4/c1-5-12(2)15-10-21(20(9-18(15)24)26-11-27-21)13(3)6-14-7-17(23)19(25-4)8-16(14)22/h5,7-9,12-13,15H,1,6,10-11,23H2,2-4H3/t12?,13?,15-,21-/m1/s1. The molecule has 0 aromatic heterocycles. The predicted octanol–water partition coefficient (Wildman–Crippen LogP) is 3.63. The summed E-state index contributed by atoms with van der Waals surface area (Å²) in [5.41, 5.74) is 6.06. The van der Waals surface area contributed by atoms with Crippen LogP contribution in [0.4, 0.5) is 10.1 Å². The van der Waals surface area contributed by atoms with Gasteiger partial charge >= 0.3 is 0 Å². The average Bonchev–Trinajstić information content (AvgIpc) is 3.06. The highest BCUT2D eigenvalue weighted by molar-refractivity contribution is 5.94. The highest BCUT2D eigenvalue weighted by Crippen LogP contribution is 2.47. The van der Waals surface area contributed by atoms with E-state index in [-0.39, 0.29) is 36.1 Å². The Morgan fingerprint density at radius 2 is 2.22 bits per heavy atom. The number of rotatable bonds is 6. The minimum atomic E-state index is -0.753. The largest absolute Gasteiger partial charge is 0.494 e. The summed E-state index contributed by atoms with van der Waals surface area (Å²) >= 11 is 0. The number of benzene rings is 1. The van der Waals surface area contributed by atoms with Crippen LogP contribution in [0, 0.1) is 23.6 Å². The third kappa shape index (κ3) is 3.34. The molecule has 4 atom stereocenters. The molecule has 1 heterocycles. The first-order valence-corrected chi connectivity index (χ1v) is 9.09. The SMILES string of the molecule is C=CC(C)[C@H]1C[C@]2(C(C)Cc3cc(N)c(OC)cc3F)OCOC2=CC1=O. The van der Waals surface area contributed by atoms with Gasteiger partial charge in [-0.05, 0) is 36.3 Å². The third-order valence-electron chi connectivity index (χ3n) is 5.84. The summed E-state index contributed by atoms with van der Waals surface area (Å²) < 4.78 is 31.2. The number of anilines is 1. The smallest absolute Gasteiger partial charge is 0.189 e. The van der Waals surface area contributed by atoms with Crippen molar-refractivity contribution in [2.24, 2.45) is 17.8 Å². The van der Waals surface area contributed by atoms with Gasteiger partial charge in [-0.25, -0.2) is 4.39 Å². The molecule has 2 N–H and O–H groups in total. The topological polar surface area (TPSA) is 70.8 Å². The first-order valence-electron chi connectivity index (χ1n) is 9.09. The molecule has 5 nitrogen and oxygen atoms in total. The van der Waals surface area contributed by atoms with Gasteiger partial charge in [0.05, 0.1) is 12.8 Å². The zero-order valence-corrected chi connectivity index (χ0v) is 16.0. The number of halogens is 1. The fourth-order valence-electron chi connectivity index (χ4n) is 4.02. The van der Waals surface area contributed by atoms with Crippen molar-refractivity contribution in [3.63, 3.8) is 0 Å². The number of carbonyl (C=O) groups excluding carboxylic acids is 1. The second-order valence-electron chi connectivity index (χ2n) is 7.40. The van der Waals surface area contributed by atoms with Gasteiger partial charge in [0.15, 0.2) is 12.6 Å². The molecule has 1 aromatic rings. The molecule has 1 aliphatic heterocycles. The fraction of sp³-hybridized carbons (Fsp3) is 0.476. The van der Waals surface area contributed by atoms with E-state index in [1.807, 2.05) is 13.8 Å². The van der Waals surface area contributed by atoms with Gasteiger partial charge in [-0.1, -0.05) is 19.9 Å². The Balaban J connectivity index is 1.91. The van der Waals surface area contributed by atoms with Crippen molar-refractivity contribution < 1.29 is 23.4 Å². The van der Waals surface area contributed by atoms with Gasteiger partial charge in [0.2, 0.25) is 0 Å². The van der Waals surface area contributed by atoms with Crippen LogP contribution in [0.25, 0.3) is 0 Å². The minimum absolute atomic E-state index is 0.0111. The van der Waals surface area contributed by atoms with Crippen molar-refractivity contribution in [3.05, 3.63) is 48.0 Å². The van der Waals surface area contributed by atoms with E-state index in [0.29, 0.717) is 35.6 Å². The Hall–Kier alpha value is -2.34. The van der Waals surface area contributed by atoms with Crippen molar-refractivity contribution in [2.45, 2.75) is 32.3 Å². The van der Waals surface area contributed by atoms with Gasteiger partial charge in [-0.2, -0.15) is 0 Å². The number of ketones is 1. The summed E-state index contributed by atoms with van der Waals surface area (Å²) in [6.07, 6.45) is 4.19. The maximum Gasteiger partial charge on any atom is 0.189 e. The average molecular weight is 375 g/mol. The van der Waals surface area contributed by atoms with Crippen LogP contribution in [0.1, 0.15) is 25.8 Å². The number of nitrogens with two attached hydrogens (primary N) is 1. The summed E-state index contributed by atoms with van der Waals surface area (Å²) in [4.78, 5) is 12.5. The van der Waals surface area contributed by atoms with Gasteiger partial charge < -0.3 is 19.9 Å². The molecule has 1 fully saturated rings. The molecule has 1 saturated heterocycles. The molecule has 27 heavy (non-hydrogen) atoms. The zero-order valence-electron chi connectivity index (χ0n) is 16.0. The summed E-state index contributed by atoms with van der Waals surface area (Å²) in [6.45, 7) is 7.84. The molecule has 1 aromatic carbocycles. The van der Waals surface area contributed by atoms with Crippen molar-refractivity contribution >= 4 is 11.5 Å². The Labute approximate surface area is 159 Å². The monoisotopic (exact) mass is 375 g/mol. The molecule has 0 amide bonds. The van der Waals surface area contributed by atoms with Gasteiger partial charge in [0.1, 0.15) is 22.9 Å². The number of methoxy groups -OCH3 is 1. The summed E-state index contributed by atoms with van der Waals surface area (Å²) in [7, 11) is 1.45. The second kappa shape index (κ2) is 7.35. The Kier molecular flexibility index (Phi) is 5.29. The molecule has 2 aliphatic rings. The number of ether oxygens (including phenoxy) is 3. The van der Waals surface area contributed by atoms with Crippen molar-refractivity contribution in [1.82, 2.24) is 0 Å². The summed E-state index contributed by atoms with van der Waals surface area (Å²) in [5.74, 6) is 0.141. The number of carbonyl (C=O) groups is 1. The number of hydrogen-bond donors (Lipinski definition) is 1. The van der Waals surface area contributed by atoms with E-state index in [9.17, 15) is 9.18 Å². The van der Waals surface area contributed by atoms with Crippen LogP contribution >= 0.6 is 0 Å². The number of nitrogen functional groups attached to an aromatic ring is 1. The number of allylic oxidation sites excluding steroid dienone is 2. The van der Waals surface area contributed by atoms with Crippen LogP contribution in [0.2, 0.25) is 0 Å². The van der Waals surface area contributed by atoms with Gasteiger partial charge in [-0.15, -0.1) is 6.58 Å². The molecular weight excluding hydrogens is 349 g/mol. The highest BCUT2D eigenvalue weighted by atomic mass is 19.1. The Morgan fingerprint density at radius 1 is 1.48 bits per heavy atom. The maximum absolute atomic E-state index is 14.5. The van der Waals surface area contributed by atoms with Gasteiger partial charge in [-0.3, -0.25) is 4.79 Å². The van der Waals surface area contributed by atoms with Crippen molar-refractivity contribution in [1.29, 1.82) is 0 Å². The highest BCUT2D eigenvalue weighted by Gasteiger charge is 2.52. The lowest BCUT2D eigenvalue weighted by atomic mass is 9.69. The van der Waals surface area contributed by atoms with E-state index in [1.54, 1.807) is 12.1 Å². The molecule has 0 spiro atoms. The van der Waals surface area contributed by atoms with Crippen LogP contribution < -0.4 is 10.5 Å². The number of hydrogen-bond acceptors (Lipinski definition) is 5. The van der Waals surface area contributed by atoms with Crippen LogP contribution in [0.15, 0.2) is 36.6 Å². The molecule has 0 bridgehead atoms. The van der Waals surface area contributed by atoms with E-state index >= 15 is 0 Å². The van der Waals surface area contributed by atoms with E-state index in [4.69, 9.17) is 19.9 Å². The molecular formula is C21H26FNO4. The van der Waals surface area contributed by atoms with Gasteiger partial charge in [0, 0.05) is 18.1 Å². The van der Waals surface area contributed by atoms with Crippen molar-refractivity contribution in [2.75, 3.05) is 19.6 Å². The lowest BCUT2D eigenvalue weighted by molar-refractivity contribution is -0.124. The molecule has 6 heteroatoms. The molecule has 1 aliphatic carbocycles. The molecule has 146 valence electrons.